The lowest BCUT2D eigenvalue weighted by atomic mass is 9.53. The van der Waals surface area contributed by atoms with Crippen molar-refractivity contribution in [2.75, 3.05) is 81.4 Å². The van der Waals surface area contributed by atoms with E-state index in [1.54, 1.807) is 85.3 Å². The largest absolute Gasteiger partial charge is 0.510 e. The Hall–Kier alpha value is -9.74. The van der Waals surface area contributed by atoms with E-state index in [4.69, 9.17) is 21.9 Å². The number of carbonyl (C=O) groups is 8. The minimum atomic E-state index is -2.68. The van der Waals surface area contributed by atoms with Gasteiger partial charge in [0.2, 0.25) is 17.6 Å². The third kappa shape index (κ3) is 12.3. The molecule has 111 heavy (non-hydrogen) atoms. The molecule has 13 rings (SSSR count). The summed E-state index contributed by atoms with van der Waals surface area (Å²) in [6, 6.07) is 5.05. The number of nitrogens with zero attached hydrogens (tertiary/aromatic N) is 5. The molecular weight excluding hydrogens is 1440 g/mol. The number of aromatic hydroxyl groups is 2. The predicted octanol–water partition coefficient (Wildman–Crippen LogP) is 1.88. The molecule has 18 atom stereocenters. The second-order valence-corrected chi connectivity index (χ2v) is 33.0. The van der Waals surface area contributed by atoms with Gasteiger partial charge in [-0.25, -0.2) is 4.79 Å². The summed E-state index contributed by atoms with van der Waals surface area (Å²) < 4.78 is 5.80. The number of nitrogens with one attached hydrogen (secondary N) is 2. The van der Waals surface area contributed by atoms with Crippen LogP contribution in [0.25, 0.3) is 17.3 Å². The van der Waals surface area contributed by atoms with Gasteiger partial charge in [-0.1, -0.05) is 72.2 Å². The lowest BCUT2D eigenvalue weighted by molar-refractivity contribution is -0.174. The van der Waals surface area contributed by atoms with Crippen LogP contribution in [0.3, 0.4) is 0 Å². The Morgan fingerprint density at radius 1 is 0.640 bits per heavy atom. The van der Waals surface area contributed by atoms with E-state index in [9.17, 15) is 105 Å². The highest BCUT2D eigenvalue weighted by Gasteiger charge is 2.71. The quantitative estimate of drug-likeness (QED) is 0.0858. The van der Waals surface area contributed by atoms with Crippen molar-refractivity contribution in [3.63, 3.8) is 0 Å². The monoisotopic (exact) mass is 1540 g/mol. The molecule has 32 heteroatoms. The van der Waals surface area contributed by atoms with Crippen LogP contribution in [0.15, 0.2) is 93.2 Å². The van der Waals surface area contributed by atoms with Crippen molar-refractivity contribution in [2.45, 2.75) is 145 Å². The Morgan fingerprint density at radius 2 is 1.10 bits per heavy atom. The summed E-state index contributed by atoms with van der Waals surface area (Å²) in [4.78, 5) is 114. The number of nitrogens with two attached hydrogens (primary N) is 3. The van der Waals surface area contributed by atoms with Crippen molar-refractivity contribution in [1.82, 2.24) is 30.2 Å². The topological polar surface area (TPSA) is 527 Å². The number of hydrogen-bond donors (Lipinski definition) is 18. The molecule has 10 aliphatic rings. The van der Waals surface area contributed by atoms with Crippen LogP contribution in [0.5, 0.6) is 17.2 Å². The van der Waals surface area contributed by atoms with Crippen molar-refractivity contribution >= 4 is 69.9 Å². The number of phenols is 2. The minimum absolute atomic E-state index is 0.0366. The van der Waals surface area contributed by atoms with Gasteiger partial charge in [-0.2, -0.15) is 0 Å². The van der Waals surface area contributed by atoms with Crippen LogP contribution >= 0.6 is 0 Å². The Balaban J connectivity index is 0.000000166. The molecule has 32 nitrogen and oxygen atoms in total. The zero-order valence-electron chi connectivity index (χ0n) is 64.6. The van der Waals surface area contributed by atoms with Crippen LogP contribution in [0.4, 0.5) is 10.5 Å². The van der Waals surface area contributed by atoms with Crippen molar-refractivity contribution in [3.05, 3.63) is 132 Å². The van der Waals surface area contributed by atoms with E-state index >= 15 is 0 Å². The first kappa shape index (κ1) is 82.2. The highest BCUT2D eigenvalue weighted by atomic mass is 16.6. The Labute approximate surface area is 640 Å². The first-order chi connectivity index (χ1) is 51.7. The highest BCUT2D eigenvalue weighted by Crippen LogP contribution is 2.60. The molecule has 1 aliphatic heterocycles. The fourth-order valence-corrected chi connectivity index (χ4v) is 19.7. The number of aliphatic hydroxyl groups is 11. The number of fused-ring (bicyclic) bond motifs is 11. The molecule has 0 radical (unpaired) electrons. The van der Waals surface area contributed by atoms with Gasteiger partial charge >= 0.3 is 6.09 Å². The van der Waals surface area contributed by atoms with Gasteiger partial charge in [0, 0.05) is 78.2 Å². The SMILES string of the molecule is CCCCN[C@@H]1C(C(N)=O)=C(O)[C@@H](N(C)C)[C@@H]2[C@@H](O)[C@H]3C(=C(O)c4c(O)cccc4[C@@H]3C)C(=O)[C@@]21O.CN(C)c1cc2c(c3c1C[C@H]1C[C@H]4[C@H](N(C)C)C(=O)C(C(N)=O)=C(O)[C@@]4(O)C(=O)C1=C3O)OC(=O)N(CC(C)(C)C)C2.CN[C@@H]1C(C(N)=O)=C(O)[C@@H](N(C)C)[C@@H]2[C@@H](O)[C@H]3C(=C(O)c4c(O)cccc4[C@@H]3C)C(=O)[C@@]21O. The Bertz CT molecular complexity index is 4680. The van der Waals surface area contributed by atoms with Gasteiger partial charge in [0.25, 0.3) is 5.91 Å². The zero-order valence-corrected chi connectivity index (χ0v) is 64.6. The number of unbranched alkanes of at least 4 members (excludes halogenated alkanes) is 1. The van der Waals surface area contributed by atoms with Gasteiger partial charge in [-0.3, -0.25) is 48.3 Å². The molecule has 1 heterocycles. The molecule has 3 saturated carbocycles. The maximum atomic E-state index is 14.2. The Kier molecular flexibility index (Phi) is 21.6. The summed E-state index contributed by atoms with van der Waals surface area (Å²) in [5, 5.41) is 153. The van der Waals surface area contributed by atoms with Gasteiger partial charge in [-0.05, 0) is 133 Å². The molecule has 9 aliphatic carbocycles. The Morgan fingerprint density at radius 3 is 1.52 bits per heavy atom. The number of ketones is 4. The minimum Gasteiger partial charge on any atom is -0.510 e. The van der Waals surface area contributed by atoms with Gasteiger partial charge < -0.3 is 109 Å². The number of ether oxygens (including phenoxy) is 1. The maximum absolute atomic E-state index is 14.2. The van der Waals surface area contributed by atoms with E-state index in [2.05, 4.69) is 10.6 Å². The zero-order chi connectivity index (χ0) is 82.5. The fraction of sp³-hybridized carbons (Fsp3) is 0.519. The number of rotatable bonds is 13. The average molecular weight is 1540 g/mol. The number of carbonyl (C=O) groups excluding carboxylic acids is 8. The molecule has 0 bridgehead atoms. The predicted molar refractivity (Wildman–Crippen MR) is 403 cm³/mol. The van der Waals surface area contributed by atoms with Crippen LogP contribution in [-0.4, -0.2) is 269 Å². The van der Waals surface area contributed by atoms with Crippen molar-refractivity contribution in [3.8, 4) is 17.2 Å². The molecule has 0 spiro atoms. The molecule has 3 fully saturated rings. The van der Waals surface area contributed by atoms with Crippen molar-refractivity contribution in [2.24, 2.45) is 58.1 Å². The van der Waals surface area contributed by atoms with E-state index in [-0.39, 0.29) is 86.6 Å². The van der Waals surface area contributed by atoms with Crippen molar-refractivity contribution < 1.29 is 109 Å². The van der Waals surface area contributed by atoms with E-state index in [1.807, 2.05) is 52.8 Å². The van der Waals surface area contributed by atoms with Crippen molar-refractivity contribution in [1.29, 1.82) is 0 Å². The van der Waals surface area contributed by atoms with E-state index in [0.717, 1.165) is 12.1 Å². The molecule has 3 aromatic carbocycles. The normalized spacial score (nSPS) is 32.0. The van der Waals surface area contributed by atoms with E-state index < -0.39 is 194 Å². The van der Waals surface area contributed by atoms with Gasteiger partial charge in [0.05, 0.1) is 76.8 Å². The molecule has 600 valence electrons. The van der Waals surface area contributed by atoms with Crippen LogP contribution in [0, 0.1) is 40.9 Å². The average Bonchev–Trinajstić information content (AvgIpc) is 0.696. The number of aliphatic hydroxyl groups excluding tert-OH is 8. The molecule has 0 unspecified atom stereocenters. The van der Waals surface area contributed by atoms with E-state index in [0.29, 0.717) is 41.8 Å². The van der Waals surface area contributed by atoms with Crippen LogP contribution in [0.1, 0.15) is 112 Å². The molecule has 0 saturated heterocycles. The molecule has 4 amide bonds. The fourth-order valence-electron chi connectivity index (χ4n) is 19.7. The third-order valence-corrected chi connectivity index (χ3v) is 24.3. The number of amides is 4. The second-order valence-electron chi connectivity index (χ2n) is 33.0. The second kappa shape index (κ2) is 29.1. The molecule has 0 aromatic heterocycles. The number of phenolic OH excluding ortho intramolecular Hbond substituents is 2. The van der Waals surface area contributed by atoms with Crippen LogP contribution in [0.2, 0.25) is 0 Å². The summed E-state index contributed by atoms with van der Waals surface area (Å²) >= 11 is 0. The summed E-state index contributed by atoms with van der Waals surface area (Å²) in [5.41, 5.74) is 10.1. The highest BCUT2D eigenvalue weighted by molar-refractivity contribution is 6.25. The summed E-state index contributed by atoms with van der Waals surface area (Å²) in [7, 11) is 14.6. The maximum Gasteiger partial charge on any atom is 0.415 e. The number of benzene rings is 3. The van der Waals surface area contributed by atoms with Crippen LogP contribution < -0.4 is 37.5 Å². The number of primary amides is 3. The van der Waals surface area contributed by atoms with Crippen LogP contribution in [-0.2, 0) is 46.5 Å². The standard InChI is InChI=1S/C30H38N4O8.C26H35N3O7.C23H29N3O7/c1-29(2,3)12-34-11-14-10-17(32(4)5)15-8-13-9-16-21(33(6)7)23(36)20(27(31)39)26(38)30(16,41)25(37)18(13)22(35)19(15)24(14)42-28(34)40;1-5-6-10-28-23-17(25(27)35)22(33)19(29(3)4)18-21(32)14-11(2)12-8-7-9-13(30)15(12)20(31)16(14)24(34)26(18,23)36;1-8-9-6-5-7-10(27)12(9)17(28)13-11(8)18(29)15-16(26(3)4)19(30)14(22(24)32)20(25-2)23(15,33)21(13)31/h10,13,16,21,35,38,41H,8-9,11-12H2,1-7H3,(H2,31,39);7-9,11,14,18-19,21,23,28,30-33,36H,5-6,10H2,1-4H3,(H2,27,35);5-8,11,15-16,18,20,25,27-30,33H,1-4H3,(H2,24,32)/t13-,16-,21-,30-;11-,14+,18+,19-,21-,23+,26+;8-,11+,15+,16-,18-,20+,23+/m000/s1. The summed E-state index contributed by atoms with van der Waals surface area (Å²) in [6.45, 7) is 12.4. The first-order valence-electron chi connectivity index (χ1n) is 36.8. The molecule has 3 aromatic rings. The number of likely N-dealkylation sites (N-methyl/N-ethyl adjacent to an activating group) is 4. The number of hydrogen-bond acceptors (Lipinski definition) is 28. The van der Waals surface area contributed by atoms with Gasteiger partial charge in [0.1, 0.15) is 57.4 Å². The number of anilines is 1. The smallest absolute Gasteiger partial charge is 0.415 e. The summed E-state index contributed by atoms with van der Waals surface area (Å²) in [6.07, 6.45) is -1.70. The van der Waals surface area contributed by atoms with Gasteiger partial charge in [0.15, 0.2) is 34.2 Å². The lowest BCUT2D eigenvalue weighted by Crippen LogP contribution is -2.75. The third-order valence-electron chi connectivity index (χ3n) is 24.3. The summed E-state index contributed by atoms with van der Waals surface area (Å²) in [5.74, 6) is -17.9. The lowest BCUT2D eigenvalue weighted by Gasteiger charge is -2.57. The first-order valence-corrected chi connectivity index (χ1v) is 36.8. The number of Topliss-reactive ketones (excluding diaryl/α,β-unsaturated/α-hetero) is 4. The van der Waals surface area contributed by atoms with Gasteiger partial charge in [-0.15, -0.1) is 0 Å². The van der Waals surface area contributed by atoms with E-state index in [1.165, 1.54) is 33.9 Å². The molecule has 21 N–H and O–H groups in total. The molecular formula is C79H102N10O22.